The molecule has 1 amide bonds. The molecule has 1 aliphatic heterocycles. The van der Waals surface area contributed by atoms with Crippen molar-refractivity contribution in [3.8, 4) is 0 Å². The Morgan fingerprint density at radius 3 is 3.05 bits per heavy atom. The minimum Gasteiger partial charge on any atom is -0.390 e. The standard InChI is InChI=1S/C16H22N2O3/c1-21-10-16(6-7-17-9-16)15(20)18-14-12-5-3-2-4-11(12)8-13(14)19/h2-5,13-14,17,19H,6-10H2,1H3,(H,18,20)/t13-,14+,16?/m1/s1. The average Bonchev–Trinajstić information content (AvgIpc) is 3.06. The first-order chi connectivity index (χ1) is 10.2. The van der Waals surface area contributed by atoms with Crippen LogP contribution in [0.15, 0.2) is 24.3 Å². The Hall–Kier alpha value is -1.43. The molecule has 0 spiro atoms. The van der Waals surface area contributed by atoms with Gasteiger partial charge >= 0.3 is 0 Å². The van der Waals surface area contributed by atoms with E-state index in [0.29, 0.717) is 19.6 Å². The van der Waals surface area contributed by atoms with Crippen molar-refractivity contribution < 1.29 is 14.6 Å². The maximum absolute atomic E-state index is 12.7. The maximum Gasteiger partial charge on any atom is 0.230 e. The zero-order chi connectivity index (χ0) is 14.9. The van der Waals surface area contributed by atoms with E-state index >= 15 is 0 Å². The summed E-state index contributed by atoms with van der Waals surface area (Å²) in [6, 6.07) is 7.57. The van der Waals surface area contributed by atoms with Gasteiger partial charge in [-0.2, -0.15) is 0 Å². The van der Waals surface area contributed by atoms with Gasteiger partial charge in [-0.3, -0.25) is 4.79 Å². The van der Waals surface area contributed by atoms with Crippen molar-refractivity contribution in [1.29, 1.82) is 0 Å². The molecule has 0 bridgehead atoms. The first-order valence-corrected chi connectivity index (χ1v) is 7.43. The fourth-order valence-electron chi connectivity index (χ4n) is 3.44. The van der Waals surface area contributed by atoms with E-state index < -0.39 is 11.5 Å². The molecule has 1 aliphatic carbocycles. The molecule has 3 atom stereocenters. The summed E-state index contributed by atoms with van der Waals surface area (Å²) >= 11 is 0. The van der Waals surface area contributed by atoms with Gasteiger partial charge in [-0.25, -0.2) is 0 Å². The van der Waals surface area contributed by atoms with Gasteiger partial charge in [-0.1, -0.05) is 24.3 Å². The Labute approximate surface area is 124 Å². The molecule has 5 nitrogen and oxygen atoms in total. The van der Waals surface area contributed by atoms with E-state index in [1.807, 2.05) is 24.3 Å². The van der Waals surface area contributed by atoms with Crippen molar-refractivity contribution in [2.24, 2.45) is 5.41 Å². The number of fused-ring (bicyclic) bond motifs is 1. The van der Waals surface area contributed by atoms with Crippen LogP contribution in [-0.4, -0.2) is 43.9 Å². The van der Waals surface area contributed by atoms with Crippen LogP contribution in [0, 0.1) is 5.41 Å². The minimum absolute atomic E-state index is 0.0323. The van der Waals surface area contributed by atoms with E-state index in [4.69, 9.17) is 4.74 Å². The summed E-state index contributed by atoms with van der Waals surface area (Å²) in [5.74, 6) is -0.0323. The van der Waals surface area contributed by atoms with Gasteiger partial charge in [0.1, 0.15) is 0 Å². The third-order valence-corrected chi connectivity index (χ3v) is 4.64. The summed E-state index contributed by atoms with van der Waals surface area (Å²) in [7, 11) is 1.62. The highest BCUT2D eigenvalue weighted by molar-refractivity contribution is 5.84. The summed E-state index contributed by atoms with van der Waals surface area (Å²) in [4.78, 5) is 12.7. The number of aliphatic hydroxyl groups excluding tert-OH is 1. The SMILES string of the molecule is COCC1(C(=O)N[C@H]2c3ccccc3C[C@H]2O)CCNC1. The molecule has 1 heterocycles. The lowest BCUT2D eigenvalue weighted by Crippen LogP contribution is -2.48. The van der Waals surface area contributed by atoms with Crippen LogP contribution in [0.25, 0.3) is 0 Å². The first-order valence-electron chi connectivity index (χ1n) is 7.43. The van der Waals surface area contributed by atoms with Crippen LogP contribution in [-0.2, 0) is 16.0 Å². The Balaban J connectivity index is 1.78. The van der Waals surface area contributed by atoms with Crippen LogP contribution < -0.4 is 10.6 Å². The molecular weight excluding hydrogens is 268 g/mol. The minimum atomic E-state index is -0.555. The fraction of sp³-hybridized carbons (Fsp3) is 0.562. The molecule has 114 valence electrons. The molecule has 0 saturated carbocycles. The van der Waals surface area contributed by atoms with Gasteiger partial charge in [0.25, 0.3) is 0 Å². The lowest BCUT2D eigenvalue weighted by Gasteiger charge is -2.29. The van der Waals surface area contributed by atoms with Crippen LogP contribution in [0.4, 0.5) is 0 Å². The monoisotopic (exact) mass is 290 g/mol. The van der Waals surface area contributed by atoms with Gasteiger partial charge in [0.15, 0.2) is 0 Å². The van der Waals surface area contributed by atoms with Crippen LogP contribution in [0.3, 0.4) is 0 Å². The van der Waals surface area contributed by atoms with Crippen molar-refractivity contribution in [3.05, 3.63) is 35.4 Å². The molecular formula is C16H22N2O3. The number of carbonyl (C=O) groups excluding carboxylic acids is 1. The number of aliphatic hydroxyl groups is 1. The highest BCUT2D eigenvalue weighted by atomic mass is 16.5. The lowest BCUT2D eigenvalue weighted by molar-refractivity contribution is -0.134. The average molecular weight is 290 g/mol. The Morgan fingerprint density at radius 2 is 2.33 bits per heavy atom. The fourth-order valence-corrected chi connectivity index (χ4v) is 3.44. The van der Waals surface area contributed by atoms with Gasteiger partial charge < -0.3 is 20.5 Å². The molecule has 3 rings (SSSR count). The van der Waals surface area contributed by atoms with Crippen LogP contribution in [0.2, 0.25) is 0 Å². The normalized spacial score (nSPS) is 31.1. The number of nitrogens with one attached hydrogen (secondary N) is 2. The van der Waals surface area contributed by atoms with Crippen molar-refractivity contribution in [2.45, 2.75) is 25.0 Å². The lowest BCUT2D eigenvalue weighted by atomic mass is 9.86. The zero-order valence-corrected chi connectivity index (χ0v) is 12.3. The van der Waals surface area contributed by atoms with E-state index in [0.717, 1.165) is 24.1 Å². The summed E-state index contributed by atoms with van der Waals surface area (Å²) in [5.41, 5.74) is 1.61. The van der Waals surface area contributed by atoms with Crippen LogP contribution >= 0.6 is 0 Å². The van der Waals surface area contributed by atoms with E-state index in [1.165, 1.54) is 0 Å². The Kier molecular flexibility index (Phi) is 3.97. The number of methoxy groups -OCH3 is 1. The van der Waals surface area contributed by atoms with Crippen molar-refractivity contribution in [1.82, 2.24) is 10.6 Å². The number of rotatable bonds is 4. The molecule has 1 aromatic rings. The number of hydrogen-bond donors (Lipinski definition) is 3. The topological polar surface area (TPSA) is 70.6 Å². The number of ether oxygens (including phenoxy) is 1. The summed E-state index contributed by atoms with van der Waals surface area (Å²) in [6.07, 6.45) is 0.800. The second-order valence-electron chi connectivity index (χ2n) is 6.06. The van der Waals surface area contributed by atoms with Crippen molar-refractivity contribution >= 4 is 5.91 Å². The van der Waals surface area contributed by atoms with Gasteiger partial charge in [0, 0.05) is 20.1 Å². The van der Waals surface area contributed by atoms with Crippen molar-refractivity contribution in [2.75, 3.05) is 26.8 Å². The molecule has 1 unspecified atom stereocenters. The number of carbonyl (C=O) groups is 1. The Bertz CT molecular complexity index is 526. The van der Waals surface area contributed by atoms with Gasteiger partial charge in [-0.05, 0) is 24.1 Å². The van der Waals surface area contributed by atoms with Gasteiger partial charge in [0.2, 0.25) is 5.91 Å². The van der Waals surface area contributed by atoms with E-state index in [9.17, 15) is 9.90 Å². The van der Waals surface area contributed by atoms with Gasteiger partial charge in [-0.15, -0.1) is 0 Å². The third kappa shape index (κ3) is 2.57. The molecule has 21 heavy (non-hydrogen) atoms. The Morgan fingerprint density at radius 1 is 1.52 bits per heavy atom. The maximum atomic E-state index is 12.7. The van der Waals surface area contributed by atoms with E-state index in [1.54, 1.807) is 7.11 Å². The third-order valence-electron chi connectivity index (χ3n) is 4.64. The van der Waals surface area contributed by atoms with Crippen LogP contribution in [0.1, 0.15) is 23.6 Å². The molecule has 3 N–H and O–H groups in total. The van der Waals surface area contributed by atoms with E-state index in [-0.39, 0.29) is 11.9 Å². The smallest absolute Gasteiger partial charge is 0.230 e. The highest BCUT2D eigenvalue weighted by Gasteiger charge is 2.43. The number of hydrogen-bond acceptors (Lipinski definition) is 4. The molecule has 2 aliphatic rings. The number of benzene rings is 1. The summed E-state index contributed by atoms with van der Waals surface area (Å²) in [6.45, 7) is 1.84. The number of amides is 1. The zero-order valence-electron chi connectivity index (χ0n) is 12.3. The van der Waals surface area contributed by atoms with Gasteiger partial charge in [0.05, 0.1) is 24.2 Å². The highest BCUT2D eigenvalue weighted by Crippen LogP contribution is 2.33. The second kappa shape index (κ2) is 5.75. The summed E-state index contributed by atoms with van der Waals surface area (Å²) in [5, 5.41) is 16.5. The quantitative estimate of drug-likeness (QED) is 0.750. The molecule has 1 saturated heterocycles. The largest absolute Gasteiger partial charge is 0.390 e. The van der Waals surface area contributed by atoms with Crippen LogP contribution in [0.5, 0.6) is 0 Å². The summed E-state index contributed by atoms with van der Waals surface area (Å²) < 4.78 is 5.25. The molecule has 1 aromatic carbocycles. The molecule has 5 heteroatoms. The molecule has 1 fully saturated rings. The molecule has 0 aromatic heterocycles. The predicted octanol–water partition coefficient (Wildman–Crippen LogP) is 0.387. The molecule has 0 radical (unpaired) electrons. The predicted molar refractivity (Wildman–Crippen MR) is 78.8 cm³/mol. The second-order valence-corrected chi connectivity index (χ2v) is 6.06. The van der Waals surface area contributed by atoms with E-state index in [2.05, 4.69) is 10.6 Å². The van der Waals surface area contributed by atoms with Crippen molar-refractivity contribution in [3.63, 3.8) is 0 Å². The first kappa shape index (κ1) is 14.5.